The predicted molar refractivity (Wildman–Crippen MR) is 126 cm³/mol. The number of pyridine rings is 1. The number of carbonyl (C=O) groups excluding carboxylic acids is 3. The first-order chi connectivity index (χ1) is 16.7. The lowest BCUT2D eigenvalue weighted by Crippen LogP contribution is -2.55. The van der Waals surface area contributed by atoms with Gasteiger partial charge in [-0.25, -0.2) is 0 Å². The zero-order chi connectivity index (χ0) is 25.5. The molecule has 1 saturated heterocycles. The number of hydrogen-bond donors (Lipinski definition) is 0. The van der Waals surface area contributed by atoms with E-state index in [9.17, 15) is 14.4 Å². The van der Waals surface area contributed by atoms with E-state index in [1.54, 1.807) is 38.6 Å². The Labute approximate surface area is 207 Å². The Hall–Kier alpha value is -3.47. The Bertz CT molecular complexity index is 1080. The van der Waals surface area contributed by atoms with E-state index < -0.39 is 41.7 Å². The third kappa shape index (κ3) is 6.78. The highest BCUT2D eigenvalue weighted by atomic mass is 32.2. The topological polar surface area (TPSA) is 119 Å². The molecule has 0 unspecified atom stereocenters. The van der Waals surface area contributed by atoms with Crippen molar-refractivity contribution < 1.29 is 42.8 Å². The molecule has 0 aliphatic carbocycles. The number of methoxy groups -OCH3 is 2. The van der Waals surface area contributed by atoms with Crippen molar-refractivity contribution in [2.24, 2.45) is 0 Å². The lowest BCUT2D eigenvalue weighted by Gasteiger charge is -2.39. The summed E-state index contributed by atoms with van der Waals surface area (Å²) in [5, 5.41) is 0. The van der Waals surface area contributed by atoms with Crippen LogP contribution in [0.3, 0.4) is 0 Å². The number of carbonyl (C=O) groups is 3. The van der Waals surface area contributed by atoms with E-state index in [0.717, 1.165) is 11.1 Å². The standard InChI is InChI=1S/C24H27NO9S/c1-13(26)31-21-12-35-24(23(33-15(3)28)22(21)32-14(2)27)34-18-8-16(10-25-11-18)19-7-6-17(29-4)9-20(19)30-5/h6-11,21-24H,12H2,1-5H3/t21-,22+,23-,24-/m1/s1. The third-order valence-electron chi connectivity index (χ3n) is 4.99. The molecule has 2 heterocycles. The normalized spacial score (nSPS) is 21.4. The number of benzene rings is 1. The van der Waals surface area contributed by atoms with Crippen LogP contribution in [0.2, 0.25) is 0 Å². The van der Waals surface area contributed by atoms with Crippen LogP contribution in [0.4, 0.5) is 0 Å². The van der Waals surface area contributed by atoms with Crippen LogP contribution in [0.1, 0.15) is 20.8 Å². The van der Waals surface area contributed by atoms with Gasteiger partial charge in [-0.15, -0.1) is 11.8 Å². The molecule has 0 bridgehead atoms. The maximum Gasteiger partial charge on any atom is 0.303 e. The molecule has 4 atom stereocenters. The molecule has 11 heteroatoms. The van der Waals surface area contributed by atoms with Crippen LogP contribution < -0.4 is 14.2 Å². The Morgan fingerprint density at radius 1 is 0.857 bits per heavy atom. The molecule has 0 spiro atoms. The van der Waals surface area contributed by atoms with Crippen molar-refractivity contribution in [1.29, 1.82) is 0 Å². The van der Waals surface area contributed by atoms with Crippen LogP contribution in [0.5, 0.6) is 17.2 Å². The minimum atomic E-state index is -1.04. The first kappa shape index (κ1) is 26.1. The smallest absolute Gasteiger partial charge is 0.303 e. The second kappa shape index (κ2) is 11.8. The minimum absolute atomic E-state index is 0.263. The number of esters is 3. The van der Waals surface area contributed by atoms with Gasteiger partial charge in [-0.1, -0.05) is 0 Å². The Morgan fingerprint density at radius 3 is 2.17 bits per heavy atom. The summed E-state index contributed by atoms with van der Waals surface area (Å²) < 4.78 is 33.1. The number of hydrogen-bond acceptors (Lipinski definition) is 11. The van der Waals surface area contributed by atoms with Gasteiger partial charge in [-0.2, -0.15) is 0 Å². The first-order valence-electron chi connectivity index (χ1n) is 10.7. The van der Waals surface area contributed by atoms with Crippen molar-refractivity contribution in [2.45, 2.75) is 44.5 Å². The van der Waals surface area contributed by atoms with Crippen molar-refractivity contribution in [1.82, 2.24) is 4.98 Å². The van der Waals surface area contributed by atoms with E-state index in [2.05, 4.69) is 4.98 Å². The zero-order valence-corrected chi connectivity index (χ0v) is 20.8. The van der Waals surface area contributed by atoms with Crippen molar-refractivity contribution in [3.05, 3.63) is 36.7 Å². The Kier molecular flexibility index (Phi) is 8.80. The van der Waals surface area contributed by atoms with Gasteiger partial charge in [-0.05, 0) is 18.2 Å². The second-order valence-electron chi connectivity index (χ2n) is 7.59. The Morgan fingerprint density at radius 2 is 1.54 bits per heavy atom. The molecule has 1 aliphatic rings. The summed E-state index contributed by atoms with van der Waals surface area (Å²) in [5.41, 5.74) is 0.734. The molecule has 3 rings (SSSR count). The highest BCUT2D eigenvalue weighted by Gasteiger charge is 2.47. The monoisotopic (exact) mass is 505 g/mol. The molecule has 0 amide bonds. The molecule has 1 aliphatic heterocycles. The van der Waals surface area contributed by atoms with E-state index >= 15 is 0 Å². The van der Waals surface area contributed by atoms with Gasteiger partial charge in [0.25, 0.3) is 0 Å². The molecule has 35 heavy (non-hydrogen) atoms. The lowest BCUT2D eigenvalue weighted by molar-refractivity contribution is -0.186. The summed E-state index contributed by atoms with van der Waals surface area (Å²) in [6, 6.07) is 7.17. The SMILES string of the molecule is COc1ccc(-c2cncc(O[C@@H]3SC[C@@H](OC(C)=O)[C@H](OC(C)=O)[C@H]3OC(C)=O)c2)c(OC)c1. The van der Waals surface area contributed by atoms with Gasteiger partial charge in [-0.3, -0.25) is 19.4 Å². The molecule has 10 nitrogen and oxygen atoms in total. The van der Waals surface area contributed by atoms with Crippen LogP contribution in [-0.2, 0) is 28.6 Å². The maximum atomic E-state index is 11.9. The van der Waals surface area contributed by atoms with E-state index in [4.69, 9.17) is 28.4 Å². The average Bonchev–Trinajstić information content (AvgIpc) is 2.81. The van der Waals surface area contributed by atoms with Gasteiger partial charge in [0.05, 0.1) is 20.4 Å². The van der Waals surface area contributed by atoms with E-state index in [1.165, 1.54) is 38.7 Å². The highest BCUT2D eigenvalue weighted by molar-refractivity contribution is 7.99. The van der Waals surface area contributed by atoms with Crippen LogP contribution in [0.15, 0.2) is 36.7 Å². The average molecular weight is 506 g/mol. The van der Waals surface area contributed by atoms with Crippen molar-refractivity contribution in [2.75, 3.05) is 20.0 Å². The third-order valence-corrected chi connectivity index (χ3v) is 6.20. The molecule has 1 aromatic carbocycles. The van der Waals surface area contributed by atoms with Gasteiger partial charge in [0, 0.05) is 49.9 Å². The van der Waals surface area contributed by atoms with Gasteiger partial charge < -0.3 is 28.4 Å². The summed E-state index contributed by atoms with van der Waals surface area (Å²) >= 11 is 1.27. The van der Waals surface area contributed by atoms with Crippen LogP contribution in [-0.4, -0.2) is 66.6 Å². The number of rotatable bonds is 8. The van der Waals surface area contributed by atoms with Crippen LogP contribution in [0.25, 0.3) is 11.1 Å². The fraction of sp³-hybridized carbons (Fsp3) is 0.417. The van der Waals surface area contributed by atoms with Gasteiger partial charge in [0.1, 0.15) is 17.2 Å². The minimum Gasteiger partial charge on any atom is -0.497 e. The Balaban J connectivity index is 1.90. The summed E-state index contributed by atoms with van der Waals surface area (Å²) in [4.78, 5) is 39.5. The van der Waals surface area contributed by atoms with E-state index in [1.807, 2.05) is 6.07 Å². The number of ether oxygens (including phenoxy) is 6. The summed E-state index contributed by atoms with van der Waals surface area (Å²) in [7, 11) is 3.13. The van der Waals surface area contributed by atoms with Gasteiger partial charge >= 0.3 is 17.9 Å². The number of nitrogens with zero attached hydrogens (tertiary/aromatic N) is 1. The maximum absolute atomic E-state index is 11.9. The molecule has 0 saturated carbocycles. The van der Waals surface area contributed by atoms with Crippen LogP contribution >= 0.6 is 11.8 Å². The molecule has 2 aromatic rings. The second-order valence-corrected chi connectivity index (χ2v) is 8.72. The van der Waals surface area contributed by atoms with Crippen molar-refractivity contribution in [3.63, 3.8) is 0 Å². The molecule has 1 aromatic heterocycles. The lowest BCUT2D eigenvalue weighted by atomic mass is 10.1. The first-order valence-corrected chi connectivity index (χ1v) is 11.7. The summed E-state index contributed by atoms with van der Waals surface area (Å²) in [6.07, 6.45) is 0.304. The zero-order valence-electron chi connectivity index (χ0n) is 20.0. The fourth-order valence-electron chi connectivity index (χ4n) is 3.61. The molecule has 1 fully saturated rings. The van der Waals surface area contributed by atoms with Gasteiger partial charge in [0.15, 0.2) is 23.7 Å². The van der Waals surface area contributed by atoms with Crippen LogP contribution in [0, 0.1) is 0 Å². The summed E-state index contributed by atoms with van der Waals surface area (Å²) in [5.74, 6) is 0.144. The molecule has 188 valence electrons. The molecule has 0 radical (unpaired) electrons. The summed E-state index contributed by atoms with van der Waals surface area (Å²) in [6.45, 7) is 3.71. The van der Waals surface area contributed by atoms with E-state index in [0.29, 0.717) is 17.2 Å². The molecule has 0 N–H and O–H groups in total. The fourth-order valence-corrected chi connectivity index (χ4v) is 4.83. The van der Waals surface area contributed by atoms with Crippen molar-refractivity contribution in [3.8, 4) is 28.4 Å². The van der Waals surface area contributed by atoms with E-state index in [-0.39, 0.29) is 5.75 Å². The number of aromatic nitrogens is 1. The molecular weight excluding hydrogens is 478 g/mol. The quantitative estimate of drug-likeness (QED) is 0.389. The van der Waals surface area contributed by atoms with Gasteiger partial charge in [0.2, 0.25) is 0 Å². The number of thioether (sulfide) groups is 1. The van der Waals surface area contributed by atoms with Crippen molar-refractivity contribution >= 4 is 29.7 Å². The predicted octanol–water partition coefficient (Wildman–Crippen LogP) is 3.01. The highest BCUT2D eigenvalue weighted by Crippen LogP contribution is 2.37. The molecular formula is C24H27NO9S. The largest absolute Gasteiger partial charge is 0.497 e.